The molecule has 24 heavy (non-hydrogen) atoms. The molecule has 2 rings (SSSR count). The molecule has 7 nitrogen and oxygen atoms in total. The molecule has 2 aliphatic rings. The van der Waals surface area contributed by atoms with Crippen molar-refractivity contribution < 1.29 is 9.53 Å². The fourth-order valence-electron chi connectivity index (χ4n) is 3.27. The number of carbonyl (C=O) groups excluding carboxylic acids is 1. The molecule has 0 saturated carbocycles. The Balaban J connectivity index is 1.70. The highest BCUT2D eigenvalue weighted by Crippen LogP contribution is 2.18. The highest BCUT2D eigenvalue weighted by Gasteiger charge is 2.30. The van der Waals surface area contributed by atoms with E-state index in [1.807, 2.05) is 4.90 Å². The van der Waals surface area contributed by atoms with Crippen LogP contribution in [0.3, 0.4) is 0 Å². The van der Waals surface area contributed by atoms with Gasteiger partial charge in [-0.1, -0.05) is 0 Å². The summed E-state index contributed by atoms with van der Waals surface area (Å²) in [5.41, 5.74) is 5.65. The van der Waals surface area contributed by atoms with Crippen LogP contribution in [0.4, 0.5) is 4.79 Å². The van der Waals surface area contributed by atoms with Crippen LogP contribution in [0.5, 0.6) is 0 Å². The van der Waals surface area contributed by atoms with Crippen molar-refractivity contribution in [3.05, 3.63) is 0 Å². The number of piperazine rings is 1. The van der Waals surface area contributed by atoms with E-state index in [-0.39, 0.29) is 17.7 Å². The first-order chi connectivity index (χ1) is 11.4. The number of nitrogens with zero attached hydrogens (tertiary/aromatic N) is 3. The van der Waals surface area contributed by atoms with Gasteiger partial charge in [-0.05, 0) is 33.7 Å². The highest BCUT2D eigenvalue weighted by molar-refractivity contribution is 5.74. The van der Waals surface area contributed by atoms with Gasteiger partial charge in [0, 0.05) is 57.9 Å². The second-order valence-corrected chi connectivity index (χ2v) is 7.77. The molecule has 0 aromatic rings. The van der Waals surface area contributed by atoms with E-state index >= 15 is 0 Å². The molecule has 0 aromatic heterocycles. The lowest BCUT2D eigenvalue weighted by Crippen LogP contribution is -2.57. The lowest BCUT2D eigenvalue weighted by Gasteiger charge is -2.43. The smallest absolute Gasteiger partial charge is 0.317 e. The molecule has 3 N–H and O–H groups in total. The molecular formula is C17H35N5O2. The molecule has 0 spiro atoms. The van der Waals surface area contributed by atoms with E-state index in [4.69, 9.17) is 10.5 Å². The zero-order valence-electron chi connectivity index (χ0n) is 15.6. The molecule has 140 valence electrons. The predicted molar refractivity (Wildman–Crippen MR) is 96.1 cm³/mol. The van der Waals surface area contributed by atoms with E-state index in [9.17, 15) is 4.79 Å². The van der Waals surface area contributed by atoms with E-state index < -0.39 is 0 Å². The summed E-state index contributed by atoms with van der Waals surface area (Å²) in [5, 5.41) is 2.93. The quantitative estimate of drug-likeness (QED) is 0.697. The molecule has 2 fully saturated rings. The van der Waals surface area contributed by atoms with Gasteiger partial charge in [0.1, 0.15) is 0 Å². The number of rotatable bonds is 5. The third-order valence-corrected chi connectivity index (χ3v) is 4.87. The van der Waals surface area contributed by atoms with Crippen molar-refractivity contribution in [2.24, 2.45) is 5.73 Å². The number of nitrogens with two attached hydrogens (primary N) is 1. The third-order valence-electron chi connectivity index (χ3n) is 4.87. The summed E-state index contributed by atoms with van der Waals surface area (Å²) in [6, 6.07) is 0.0379. The largest absolute Gasteiger partial charge is 0.374 e. The summed E-state index contributed by atoms with van der Waals surface area (Å²) in [6.45, 7) is 15.2. The average Bonchev–Trinajstić information content (AvgIpc) is 2.55. The van der Waals surface area contributed by atoms with E-state index in [1.54, 1.807) is 0 Å². The van der Waals surface area contributed by atoms with Crippen LogP contribution < -0.4 is 11.1 Å². The molecule has 0 aromatic carbocycles. The van der Waals surface area contributed by atoms with Gasteiger partial charge in [0.25, 0.3) is 0 Å². The summed E-state index contributed by atoms with van der Waals surface area (Å²) in [7, 11) is 0. The minimum Gasteiger partial charge on any atom is -0.374 e. The van der Waals surface area contributed by atoms with Crippen molar-refractivity contribution in [1.29, 1.82) is 0 Å². The lowest BCUT2D eigenvalue weighted by molar-refractivity contribution is -0.0714. The summed E-state index contributed by atoms with van der Waals surface area (Å²) in [5.74, 6) is 0. The zero-order valence-corrected chi connectivity index (χ0v) is 15.6. The minimum atomic E-state index is 0.0379. The van der Waals surface area contributed by atoms with Gasteiger partial charge in [0.2, 0.25) is 0 Å². The Kier molecular flexibility index (Phi) is 7.28. The molecule has 0 bridgehead atoms. The minimum absolute atomic E-state index is 0.0379. The van der Waals surface area contributed by atoms with E-state index in [0.717, 1.165) is 58.8 Å². The fourth-order valence-corrected chi connectivity index (χ4v) is 3.27. The van der Waals surface area contributed by atoms with E-state index in [1.165, 1.54) is 0 Å². The maximum Gasteiger partial charge on any atom is 0.317 e. The molecule has 2 heterocycles. The van der Waals surface area contributed by atoms with Gasteiger partial charge in [0.15, 0.2) is 0 Å². The number of carbonyl (C=O) groups is 1. The summed E-state index contributed by atoms with van der Waals surface area (Å²) in [4.78, 5) is 18.9. The number of ether oxygens (including phenoxy) is 1. The van der Waals surface area contributed by atoms with Gasteiger partial charge in [-0.15, -0.1) is 0 Å². The number of morpholine rings is 1. The molecule has 2 aliphatic heterocycles. The Hall–Kier alpha value is -0.890. The van der Waals surface area contributed by atoms with Gasteiger partial charge >= 0.3 is 6.03 Å². The van der Waals surface area contributed by atoms with Crippen LogP contribution in [0, 0.1) is 0 Å². The summed E-state index contributed by atoms with van der Waals surface area (Å²) >= 11 is 0. The fraction of sp³-hybridized carbons (Fsp3) is 0.941. The first-order valence-electron chi connectivity index (χ1n) is 9.22. The lowest BCUT2D eigenvalue weighted by atomic mass is 10.0. The molecule has 1 atom stereocenters. The summed E-state index contributed by atoms with van der Waals surface area (Å²) in [6.07, 6.45) is 1.09. The van der Waals surface area contributed by atoms with Gasteiger partial charge in [0.05, 0.1) is 12.7 Å². The molecule has 0 aliphatic carbocycles. The molecule has 1 unspecified atom stereocenters. The molecule has 2 saturated heterocycles. The third kappa shape index (κ3) is 5.88. The standard InChI is InChI=1S/C17H35N5O2/c1-17(2,3)22-11-12-24-15(14-22)13-20-7-9-21(10-8-20)16(23)19-6-4-5-18/h15H,4-14,18H2,1-3H3,(H,19,23). The van der Waals surface area contributed by atoms with Crippen molar-refractivity contribution >= 4 is 6.03 Å². The van der Waals surface area contributed by atoms with Gasteiger partial charge in [-0.3, -0.25) is 9.80 Å². The first-order valence-corrected chi connectivity index (χ1v) is 9.22. The van der Waals surface area contributed by atoms with Gasteiger partial charge < -0.3 is 20.7 Å². The van der Waals surface area contributed by atoms with E-state index in [0.29, 0.717) is 13.1 Å². The first kappa shape index (κ1) is 19.4. The molecule has 7 heteroatoms. The second-order valence-electron chi connectivity index (χ2n) is 7.77. The van der Waals surface area contributed by atoms with Crippen LogP contribution >= 0.6 is 0 Å². The van der Waals surface area contributed by atoms with Crippen molar-refractivity contribution in [2.75, 3.05) is 65.5 Å². The predicted octanol–water partition coefficient (Wildman–Crippen LogP) is 0.162. The Labute approximate surface area is 146 Å². The van der Waals surface area contributed by atoms with Crippen LogP contribution in [0.1, 0.15) is 27.2 Å². The maximum absolute atomic E-state index is 12.0. The monoisotopic (exact) mass is 341 g/mol. The molecular weight excluding hydrogens is 306 g/mol. The van der Waals surface area contributed by atoms with E-state index in [2.05, 4.69) is 35.9 Å². The van der Waals surface area contributed by atoms with Crippen LogP contribution in [0.15, 0.2) is 0 Å². The number of urea groups is 1. The van der Waals surface area contributed by atoms with Crippen LogP contribution in [-0.2, 0) is 4.74 Å². The van der Waals surface area contributed by atoms with Crippen LogP contribution in [-0.4, -0.2) is 97.9 Å². The molecule has 0 radical (unpaired) electrons. The Bertz CT molecular complexity index is 391. The number of hydrogen-bond acceptors (Lipinski definition) is 5. The SMILES string of the molecule is CC(C)(C)N1CCOC(CN2CCN(C(=O)NCCCN)CC2)C1. The summed E-state index contributed by atoms with van der Waals surface area (Å²) < 4.78 is 5.96. The van der Waals surface area contributed by atoms with Crippen LogP contribution in [0.25, 0.3) is 0 Å². The number of nitrogens with one attached hydrogen (secondary N) is 1. The van der Waals surface area contributed by atoms with Crippen molar-refractivity contribution in [1.82, 2.24) is 20.0 Å². The van der Waals surface area contributed by atoms with Crippen molar-refractivity contribution in [3.63, 3.8) is 0 Å². The topological polar surface area (TPSA) is 74.1 Å². The maximum atomic E-state index is 12.0. The van der Waals surface area contributed by atoms with Crippen LogP contribution in [0.2, 0.25) is 0 Å². The Morgan fingerprint density at radius 1 is 1.21 bits per heavy atom. The normalized spacial score (nSPS) is 24.2. The van der Waals surface area contributed by atoms with Crippen molar-refractivity contribution in [3.8, 4) is 0 Å². The number of amides is 2. The Morgan fingerprint density at radius 2 is 1.92 bits per heavy atom. The zero-order chi connectivity index (χ0) is 17.6. The van der Waals surface area contributed by atoms with Crippen molar-refractivity contribution in [2.45, 2.75) is 38.8 Å². The highest BCUT2D eigenvalue weighted by atomic mass is 16.5. The van der Waals surface area contributed by atoms with Gasteiger partial charge in [-0.25, -0.2) is 4.79 Å². The van der Waals surface area contributed by atoms with Gasteiger partial charge in [-0.2, -0.15) is 0 Å². The average molecular weight is 342 g/mol. The number of hydrogen-bond donors (Lipinski definition) is 2. The second kappa shape index (κ2) is 8.99. The Morgan fingerprint density at radius 3 is 2.54 bits per heavy atom. The molecule has 2 amide bonds.